The van der Waals surface area contributed by atoms with Crippen LogP contribution < -0.4 is 5.32 Å². The largest absolute Gasteiger partial charge is 0.385 e. The standard InChI is InChI=1S/C14H20N2O2/c1-16(6-3-7-18-2)14(17)11-4-5-12-9-15-10-13(12)8-11/h4-5,8,15H,3,6-7,9-10H2,1-2H3. The van der Waals surface area contributed by atoms with Gasteiger partial charge in [-0.1, -0.05) is 6.07 Å². The second-order valence-electron chi connectivity index (χ2n) is 4.66. The average Bonchev–Trinajstić information content (AvgIpc) is 2.85. The fourth-order valence-corrected chi connectivity index (χ4v) is 2.20. The zero-order valence-electron chi connectivity index (χ0n) is 11.0. The van der Waals surface area contributed by atoms with Gasteiger partial charge in [0.1, 0.15) is 0 Å². The summed E-state index contributed by atoms with van der Waals surface area (Å²) in [7, 11) is 3.51. The Bertz CT molecular complexity index is 432. The van der Waals surface area contributed by atoms with Crippen LogP contribution in [0.25, 0.3) is 0 Å². The van der Waals surface area contributed by atoms with E-state index in [2.05, 4.69) is 5.32 Å². The number of nitrogens with one attached hydrogen (secondary N) is 1. The van der Waals surface area contributed by atoms with Gasteiger partial charge < -0.3 is 15.0 Å². The second-order valence-corrected chi connectivity index (χ2v) is 4.66. The minimum absolute atomic E-state index is 0.0841. The predicted octanol–water partition coefficient (Wildman–Crippen LogP) is 1.40. The number of carbonyl (C=O) groups excluding carboxylic acids is 1. The molecule has 4 heteroatoms. The minimum Gasteiger partial charge on any atom is -0.385 e. The lowest BCUT2D eigenvalue weighted by Gasteiger charge is -2.17. The Hall–Kier alpha value is -1.39. The molecule has 1 amide bonds. The molecule has 2 rings (SSSR count). The van der Waals surface area contributed by atoms with Crippen molar-refractivity contribution in [2.45, 2.75) is 19.5 Å². The van der Waals surface area contributed by atoms with Crippen LogP contribution in [-0.2, 0) is 17.8 Å². The van der Waals surface area contributed by atoms with Crippen LogP contribution in [-0.4, -0.2) is 38.1 Å². The molecule has 0 fully saturated rings. The number of amides is 1. The highest BCUT2D eigenvalue weighted by atomic mass is 16.5. The molecule has 1 aromatic carbocycles. The highest BCUT2D eigenvalue weighted by Gasteiger charge is 2.15. The Morgan fingerprint density at radius 2 is 2.17 bits per heavy atom. The van der Waals surface area contributed by atoms with Crippen molar-refractivity contribution in [3.8, 4) is 0 Å². The van der Waals surface area contributed by atoms with Crippen LogP contribution in [0.5, 0.6) is 0 Å². The van der Waals surface area contributed by atoms with Crippen molar-refractivity contribution < 1.29 is 9.53 Å². The molecule has 0 saturated carbocycles. The van der Waals surface area contributed by atoms with Crippen molar-refractivity contribution in [1.29, 1.82) is 0 Å². The van der Waals surface area contributed by atoms with Gasteiger partial charge in [0.05, 0.1) is 0 Å². The predicted molar refractivity (Wildman–Crippen MR) is 70.4 cm³/mol. The number of hydrogen-bond donors (Lipinski definition) is 1. The first-order chi connectivity index (χ1) is 8.72. The first-order valence-corrected chi connectivity index (χ1v) is 6.29. The summed E-state index contributed by atoms with van der Waals surface area (Å²) < 4.78 is 4.99. The van der Waals surface area contributed by atoms with Crippen LogP contribution in [0.15, 0.2) is 18.2 Å². The molecule has 1 aliphatic heterocycles. The van der Waals surface area contributed by atoms with Gasteiger partial charge in [0.2, 0.25) is 0 Å². The lowest BCUT2D eigenvalue weighted by molar-refractivity contribution is 0.0779. The van der Waals surface area contributed by atoms with Crippen LogP contribution in [0, 0.1) is 0 Å². The van der Waals surface area contributed by atoms with Gasteiger partial charge in [-0.3, -0.25) is 4.79 Å². The van der Waals surface area contributed by atoms with Gasteiger partial charge >= 0.3 is 0 Å². The number of hydrogen-bond acceptors (Lipinski definition) is 3. The quantitative estimate of drug-likeness (QED) is 0.801. The average molecular weight is 248 g/mol. The van der Waals surface area contributed by atoms with Crippen molar-refractivity contribution in [2.24, 2.45) is 0 Å². The van der Waals surface area contributed by atoms with Gasteiger partial charge in [0.25, 0.3) is 5.91 Å². The summed E-state index contributed by atoms with van der Waals surface area (Å²) in [4.78, 5) is 14.0. The summed E-state index contributed by atoms with van der Waals surface area (Å²) in [6.07, 6.45) is 0.866. The third kappa shape index (κ3) is 2.89. The molecule has 0 aromatic heterocycles. The van der Waals surface area contributed by atoms with Gasteiger partial charge in [-0.2, -0.15) is 0 Å². The molecular formula is C14H20N2O2. The summed E-state index contributed by atoms with van der Waals surface area (Å²) in [5.41, 5.74) is 3.32. The number of ether oxygens (including phenoxy) is 1. The molecule has 0 radical (unpaired) electrons. The molecule has 1 N–H and O–H groups in total. The molecule has 4 nitrogen and oxygen atoms in total. The molecule has 98 valence electrons. The summed E-state index contributed by atoms with van der Waals surface area (Å²) in [5, 5.41) is 3.28. The summed E-state index contributed by atoms with van der Waals surface area (Å²) >= 11 is 0. The van der Waals surface area contributed by atoms with Crippen LogP contribution in [0.3, 0.4) is 0 Å². The molecule has 1 heterocycles. The van der Waals surface area contributed by atoms with E-state index < -0.39 is 0 Å². The smallest absolute Gasteiger partial charge is 0.253 e. The van der Waals surface area contributed by atoms with E-state index >= 15 is 0 Å². The SMILES string of the molecule is COCCCN(C)C(=O)c1ccc2c(c1)CNC2. The van der Waals surface area contributed by atoms with E-state index in [1.54, 1.807) is 12.0 Å². The summed E-state index contributed by atoms with van der Waals surface area (Å²) in [6, 6.07) is 5.97. The first kappa shape index (κ1) is 13.1. The van der Waals surface area contributed by atoms with Crippen LogP contribution in [0.2, 0.25) is 0 Å². The Morgan fingerprint density at radius 3 is 2.94 bits per heavy atom. The topological polar surface area (TPSA) is 41.6 Å². The Balaban J connectivity index is 2.00. The van der Waals surface area contributed by atoms with E-state index in [0.717, 1.165) is 31.6 Å². The number of fused-ring (bicyclic) bond motifs is 1. The van der Waals surface area contributed by atoms with E-state index in [-0.39, 0.29) is 5.91 Å². The Labute approximate surface area is 108 Å². The number of nitrogens with zero attached hydrogens (tertiary/aromatic N) is 1. The van der Waals surface area contributed by atoms with Gasteiger partial charge in [-0.05, 0) is 29.7 Å². The highest BCUT2D eigenvalue weighted by Crippen LogP contribution is 2.17. The van der Waals surface area contributed by atoms with E-state index in [9.17, 15) is 4.79 Å². The van der Waals surface area contributed by atoms with Gasteiger partial charge in [0, 0.05) is 46.0 Å². The molecule has 0 spiro atoms. The lowest BCUT2D eigenvalue weighted by atomic mass is 10.1. The molecule has 1 aromatic rings. The fraction of sp³-hybridized carbons (Fsp3) is 0.500. The monoisotopic (exact) mass is 248 g/mol. The highest BCUT2D eigenvalue weighted by molar-refractivity contribution is 5.94. The summed E-state index contributed by atoms with van der Waals surface area (Å²) in [5.74, 6) is 0.0841. The third-order valence-electron chi connectivity index (χ3n) is 3.27. The lowest BCUT2D eigenvalue weighted by Crippen LogP contribution is -2.28. The van der Waals surface area contributed by atoms with E-state index in [1.165, 1.54) is 11.1 Å². The second kappa shape index (κ2) is 5.98. The number of benzene rings is 1. The Kier molecular flexibility index (Phi) is 4.33. The summed E-state index contributed by atoms with van der Waals surface area (Å²) in [6.45, 7) is 3.19. The van der Waals surface area contributed by atoms with Gasteiger partial charge in [-0.25, -0.2) is 0 Å². The van der Waals surface area contributed by atoms with Crippen molar-refractivity contribution in [3.63, 3.8) is 0 Å². The fourth-order valence-electron chi connectivity index (χ4n) is 2.20. The van der Waals surface area contributed by atoms with Crippen molar-refractivity contribution >= 4 is 5.91 Å². The van der Waals surface area contributed by atoms with Gasteiger partial charge in [0.15, 0.2) is 0 Å². The van der Waals surface area contributed by atoms with E-state index in [0.29, 0.717) is 6.61 Å². The molecule has 0 bridgehead atoms. The van der Waals surface area contributed by atoms with Crippen LogP contribution in [0.1, 0.15) is 27.9 Å². The molecule has 1 aliphatic rings. The van der Waals surface area contributed by atoms with Crippen molar-refractivity contribution in [2.75, 3.05) is 27.3 Å². The van der Waals surface area contributed by atoms with E-state index in [4.69, 9.17) is 4.74 Å². The Morgan fingerprint density at radius 1 is 1.39 bits per heavy atom. The number of carbonyl (C=O) groups is 1. The number of methoxy groups -OCH3 is 1. The first-order valence-electron chi connectivity index (χ1n) is 6.29. The van der Waals surface area contributed by atoms with Crippen molar-refractivity contribution in [3.05, 3.63) is 34.9 Å². The zero-order valence-corrected chi connectivity index (χ0v) is 11.0. The molecule has 0 aliphatic carbocycles. The van der Waals surface area contributed by atoms with Crippen LogP contribution in [0.4, 0.5) is 0 Å². The van der Waals surface area contributed by atoms with E-state index in [1.807, 2.05) is 25.2 Å². The normalized spacial score (nSPS) is 13.4. The molecule has 0 atom stereocenters. The maximum Gasteiger partial charge on any atom is 0.253 e. The van der Waals surface area contributed by atoms with Gasteiger partial charge in [-0.15, -0.1) is 0 Å². The minimum atomic E-state index is 0.0841. The number of rotatable bonds is 5. The third-order valence-corrected chi connectivity index (χ3v) is 3.27. The molecule has 0 saturated heterocycles. The maximum absolute atomic E-state index is 12.2. The molecule has 0 unspecified atom stereocenters. The van der Waals surface area contributed by atoms with Crippen LogP contribution >= 0.6 is 0 Å². The molecule has 18 heavy (non-hydrogen) atoms. The van der Waals surface area contributed by atoms with Crippen molar-refractivity contribution in [1.82, 2.24) is 10.2 Å². The molecular weight excluding hydrogens is 228 g/mol. The zero-order chi connectivity index (χ0) is 13.0. The maximum atomic E-state index is 12.2.